The first kappa shape index (κ1) is 21.5. The third-order valence-corrected chi connectivity index (χ3v) is 6.07. The molecule has 0 radical (unpaired) electrons. The van der Waals surface area contributed by atoms with E-state index < -0.39 is 0 Å². The quantitative estimate of drug-likeness (QED) is 0.295. The SMILES string of the molecule is CCOc1ccc2c(c1)n(COc1ccccc1Br)c(N)[n+]2COc1ccccc1Br. The standard InChI is InChI=1S/C23H21Br2N3O3/c1-2-29-16-11-12-19-20(13-16)28(15-31-22-10-6-4-8-18(22)25)23(26)27(19)14-30-21-9-5-3-7-17(21)24/h3-13,26H,2,14-15H2,1H3/p+1. The van der Waals surface area contributed by atoms with Gasteiger partial charge in [0.1, 0.15) is 28.3 Å². The van der Waals surface area contributed by atoms with Crippen LogP contribution in [0, 0.1) is 0 Å². The van der Waals surface area contributed by atoms with Crippen molar-refractivity contribution >= 4 is 48.8 Å². The van der Waals surface area contributed by atoms with Crippen LogP contribution >= 0.6 is 31.9 Å². The number of fused-ring (bicyclic) bond motifs is 1. The summed E-state index contributed by atoms with van der Waals surface area (Å²) in [5, 5.41) is 0. The van der Waals surface area contributed by atoms with E-state index in [9.17, 15) is 0 Å². The summed E-state index contributed by atoms with van der Waals surface area (Å²) in [5.74, 6) is 2.77. The number of imidazole rings is 1. The molecule has 0 atom stereocenters. The smallest absolute Gasteiger partial charge is 0.361 e. The van der Waals surface area contributed by atoms with Crippen LogP contribution in [0.1, 0.15) is 6.92 Å². The van der Waals surface area contributed by atoms with Gasteiger partial charge in [-0.25, -0.2) is 0 Å². The van der Waals surface area contributed by atoms with Crippen molar-refractivity contribution in [3.05, 3.63) is 75.7 Å². The number of anilines is 1. The molecule has 0 amide bonds. The van der Waals surface area contributed by atoms with Gasteiger partial charge in [0.25, 0.3) is 0 Å². The highest BCUT2D eigenvalue weighted by atomic mass is 79.9. The number of para-hydroxylation sites is 2. The van der Waals surface area contributed by atoms with Gasteiger partial charge in [0.2, 0.25) is 13.5 Å². The fourth-order valence-electron chi connectivity index (χ4n) is 3.26. The fourth-order valence-corrected chi connectivity index (χ4v) is 4.06. The molecule has 4 rings (SSSR count). The van der Waals surface area contributed by atoms with Gasteiger partial charge >= 0.3 is 5.95 Å². The fraction of sp³-hybridized carbons (Fsp3) is 0.174. The molecule has 0 unspecified atom stereocenters. The average Bonchev–Trinajstić information content (AvgIpc) is 3.03. The molecule has 8 heteroatoms. The summed E-state index contributed by atoms with van der Waals surface area (Å²) in [6.45, 7) is 3.03. The lowest BCUT2D eigenvalue weighted by Crippen LogP contribution is -2.39. The Morgan fingerprint density at radius 3 is 2.16 bits per heavy atom. The summed E-state index contributed by atoms with van der Waals surface area (Å²) < 4.78 is 23.3. The molecule has 1 heterocycles. The Balaban J connectivity index is 1.69. The highest BCUT2D eigenvalue weighted by Gasteiger charge is 2.23. The molecule has 4 aromatic rings. The van der Waals surface area contributed by atoms with Gasteiger partial charge in [-0.15, -0.1) is 0 Å². The molecule has 0 bridgehead atoms. The molecular weight excluding hydrogens is 526 g/mol. The highest BCUT2D eigenvalue weighted by Crippen LogP contribution is 2.27. The summed E-state index contributed by atoms with van der Waals surface area (Å²) in [6.07, 6.45) is 0. The van der Waals surface area contributed by atoms with E-state index in [2.05, 4.69) is 31.9 Å². The Bertz CT molecular complexity index is 1210. The Labute approximate surface area is 197 Å². The van der Waals surface area contributed by atoms with E-state index in [1.54, 1.807) is 0 Å². The van der Waals surface area contributed by atoms with Crippen molar-refractivity contribution in [2.75, 3.05) is 12.3 Å². The van der Waals surface area contributed by atoms with E-state index in [-0.39, 0.29) is 13.5 Å². The number of aromatic nitrogens is 2. The van der Waals surface area contributed by atoms with E-state index in [0.29, 0.717) is 12.6 Å². The molecule has 160 valence electrons. The molecule has 2 N–H and O–H groups in total. The number of hydrogen-bond acceptors (Lipinski definition) is 4. The number of halogens is 2. The Morgan fingerprint density at radius 2 is 1.52 bits per heavy atom. The predicted molar refractivity (Wildman–Crippen MR) is 127 cm³/mol. The maximum absolute atomic E-state index is 6.55. The first-order chi connectivity index (χ1) is 15.1. The lowest BCUT2D eigenvalue weighted by molar-refractivity contribution is -0.687. The van der Waals surface area contributed by atoms with Crippen LogP contribution in [0.5, 0.6) is 17.2 Å². The third kappa shape index (κ3) is 4.65. The monoisotopic (exact) mass is 546 g/mol. The third-order valence-electron chi connectivity index (χ3n) is 4.76. The highest BCUT2D eigenvalue weighted by molar-refractivity contribution is 9.10. The minimum absolute atomic E-state index is 0.239. The molecule has 0 fully saturated rings. The van der Waals surface area contributed by atoms with Crippen LogP contribution in [0.25, 0.3) is 11.0 Å². The molecule has 3 aromatic carbocycles. The van der Waals surface area contributed by atoms with Crippen molar-refractivity contribution in [3.8, 4) is 17.2 Å². The number of rotatable bonds is 8. The molecule has 0 saturated heterocycles. The maximum atomic E-state index is 6.55. The molecule has 0 saturated carbocycles. The zero-order valence-electron chi connectivity index (χ0n) is 16.9. The Morgan fingerprint density at radius 1 is 0.871 bits per heavy atom. The minimum Gasteiger partial charge on any atom is -0.494 e. The topological polar surface area (TPSA) is 62.5 Å². The number of nitrogen functional groups attached to an aromatic ring is 1. The molecule has 0 aliphatic heterocycles. The van der Waals surface area contributed by atoms with E-state index in [1.807, 2.05) is 82.8 Å². The summed E-state index contributed by atoms with van der Waals surface area (Å²) in [7, 11) is 0. The number of nitrogens with zero attached hydrogens (tertiary/aromatic N) is 2. The number of nitrogens with two attached hydrogens (primary N) is 1. The Kier molecular flexibility index (Phi) is 6.67. The van der Waals surface area contributed by atoms with Crippen molar-refractivity contribution < 1.29 is 18.8 Å². The van der Waals surface area contributed by atoms with Gasteiger partial charge in [0.15, 0.2) is 0 Å². The second kappa shape index (κ2) is 9.62. The van der Waals surface area contributed by atoms with Gasteiger partial charge in [0, 0.05) is 6.07 Å². The van der Waals surface area contributed by atoms with Crippen molar-refractivity contribution in [1.29, 1.82) is 0 Å². The summed E-state index contributed by atoms with van der Waals surface area (Å²) in [4.78, 5) is 0. The van der Waals surface area contributed by atoms with Crippen LogP contribution < -0.4 is 24.5 Å². The molecular formula is C23H22Br2N3O3+. The molecule has 1 aromatic heterocycles. The first-order valence-corrected chi connectivity index (χ1v) is 11.4. The van der Waals surface area contributed by atoms with Gasteiger partial charge in [-0.3, -0.25) is 5.73 Å². The van der Waals surface area contributed by atoms with Crippen molar-refractivity contribution in [3.63, 3.8) is 0 Å². The minimum atomic E-state index is 0.239. The van der Waals surface area contributed by atoms with Crippen molar-refractivity contribution in [2.45, 2.75) is 20.4 Å². The van der Waals surface area contributed by atoms with E-state index in [1.165, 1.54) is 0 Å². The second-order valence-corrected chi connectivity index (χ2v) is 8.41. The first-order valence-electron chi connectivity index (χ1n) is 9.77. The molecule has 6 nitrogen and oxygen atoms in total. The van der Waals surface area contributed by atoms with E-state index in [4.69, 9.17) is 19.9 Å². The normalized spacial score (nSPS) is 10.9. The van der Waals surface area contributed by atoms with Crippen LogP contribution in [-0.2, 0) is 13.5 Å². The van der Waals surface area contributed by atoms with Crippen molar-refractivity contribution in [2.24, 2.45) is 0 Å². The predicted octanol–water partition coefficient (Wildman–Crippen LogP) is 5.51. The number of ether oxygens (including phenoxy) is 3. The molecule has 0 aliphatic carbocycles. The molecule has 31 heavy (non-hydrogen) atoms. The summed E-state index contributed by atoms with van der Waals surface area (Å²) in [6, 6.07) is 21.3. The molecule has 0 spiro atoms. The van der Waals surface area contributed by atoms with Crippen LogP contribution in [0.15, 0.2) is 75.7 Å². The average molecular weight is 548 g/mol. The Hall–Kier alpha value is -2.71. The number of benzene rings is 3. The zero-order chi connectivity index (χ0) is 21.8. The van der Waals surface area contributed by atoms with Gasteiger partial charge < -0.3 is 14.2 Å². The zero-order valence-corrected chi connectivity index (χ0v) is 20.1. The van der Waals surface area contributed by atoms with Crippen molar-refractivity contribution in [1.82, 2.24) is 4.57 Å². The molecule has 0 aliphatic rings. The summed E-state index contributed by atoms with van der Waals surface area (Å²) >= 11 is 7.03. The maximum Gasteiger partial charge on any atom is 0.361 e. The number of hydrogen-bond donors (Lipinski definition) is 1. The second-order valence-electron chi connectivity index (χ2n) is 6.71. The van der Waals surface area contributed by atoms with Gasteiger partial charge in [-0.2, -0.15) is 9.13 Å². The lowest BCUT2D eigenvalue weighted by Gasteiger charge is -2.08. The van der Waals surface area contributed by atoms with Crippen LogP contribution in [0.2, 0.25) is 0 Å². The van der Waals surface area contributed by atoms with Gasteiger partial charge in [0.05, 0.1) is 15.6 Å². The van der Waals surface area contributed by atoms with Crippen LogP contribution in [0.3, 0.4) is 0 Å². The van der Waals surface area contributed by atoms with Crippen LogP contribution in [0.4, 0.5) is 5.95 Å². The summed E-state index contributed by atoms with van der Waals surface area (Å²) in [5.41, 5.74) is 8.36. The lowest BCUT2D eigenvalue weighted by atomic mass is 10.3. The van der Waals surface area contributed by atoms with E-state index >= 15 is 0 Å². The van der Waals surface area contributed by atoms with Gasteiger partial charge in [-0.05, 0) is 75.2 Å². The van der Waals surface area contributed by atoms with Crippen LogP contribution in [-0.4, -0.2) is 11.2 Å². The largest absolute Gasteiger partial charge is 0.494 e. The van der Waals surface area contributed by atoms with E-state index in [0.717, 1.165) is 37.2 Å². The van der Waals surface area contributed by atoms with Gasteiger partial charge in [-0.1, -0.05) is 24.3 Å².